The van der Waals surface area contributed by atoms with Gasteiger partial charge in [0.05, 0.1) is 12.8 Å². The molecule has 0 bridgehead atoms. The number of esters is 1. The van der Waals surface area contributed by atoms with Crippen LogP contribution in [-0.2, 0) is 4.74 Å². The van der Waals surface area contributed by atoms with E-state index < -0.39 is 11.9 Å². The van der Waals surface area contributed by atoms with Crippen molar-refractivity contribution >= 4 is 5.97 Å². The monoisotopic (exact) mass is 235 g/mol. The summed E-state index contributed by atoms with van der Waals surface area (Å²) in [6.07, 6.45) is 2.64. The van der Waals surface area contributed by atoms with Crippen LogP contribution in [0.25, 0.3) is 5.82 Å². The summed E-state index contributed by atoms with van der Waals surface area (Å²) in [7, 11) is 0. The van der Waals surface area contributed by atoms with Crippen LogP contribution in [0.1, 0.15) is 17.3 Å². The molecule has 0 aliphatic rings. The first-order chi connectivity index (χ1) is 8.24. The first-order valence-corrected chi connectivity index (χ1v) is 5.06. The standard InChI is InChI=1S/C11H10FN3O2/c1-2-17-11(16)8-7-14-15(10(8)12)9-5-3-4-6-13-9/h3-7H,2H2,1H3. The Morgan fingerprint density at radius 3 is 3.00 bits per heavy atom. The predicted molar refractivity (Wildman–Crippen MR) is 57.3 cm³/mol. The first kappa shape index (κ1) is 11.3. The highest BCUT2D eigenvalue weighted by molar-refractivity contribution is 5.89. The molecule has 17 heavy (non-hydrogen) atoms. The van der Waals surface area contributed by atoms with E-state index in [0.717, 1.165) is 10.9 Å². The van der Waals surface area contributed by atoms with Crippen molar-refractivity contribution in [1.29, 1.82) is 0 Å². The zero-order valence-corrected chi connectivity index (χ0v) is 9.13. The van der Waals surface area contributed by atoms with Crippen molar-refractivity contribution in [2.24, 2.45) is 0 Å². The van der Waals surface area contributed by atoms with Crippen molar-refractivity contribution in [2.75, 3.05) is 6.61 Å². The molecule has 0 amide bonds. The fraction of sp³-hybridized carbons (Fsp3) is 0.182. The van der Waals surface area contributed by atoms with Gasteiger partial charge < -0.3 is 4.74 Å². The smallest absolute Gasteiger partial charge is 0.344 e. The van der Waals surface area contributed by atoms with Crippen LogP contribution in [0.4, 0.5) is 4.39 Å². The second kappa shape index (κ2) is 4.73. The Morgan fingerprint density at radius 2 is 2.35 bits per heavy atom. The summed E-state index contributed by atoms with van der Waals surface area (Å²) in [5.41, 5.74) is -0.197. The molecule has 2 heterocycles. The second-order valence-corrected chi connectivity index (χ2v) is 3.17. The molecule has 0 aromatic carbocycles. The van der Waals surface area contributed by atoms with Gasteiger partial charge in [-0.3, -0.25) is 0 Å². The lowest BCUT2D eigenvalue weighted by Crippen LogP contribution is -2.08. The molecule has 88 valence electrons. The molecule has 2 rings (SSSR count). The minimum absolute atomic E-state index is 0.188. The van der Waals surface area contributed by atoms with Gasteiger partial charge in [0.1, 0.15) is 5.56 Å². The zero-order valence-electron chi connectivity index (χ0n) is 9.13. The maximum atomic E-state index is 13.9. The second-order valence-electron chi connectivity index (χ2n) is 3.17. The van der Waals surface area contributed by atoms with Gasteiger partial charge >= 0.3 is 5.97 Å². The Kier molecular flexibility index (Phi) is 3.13. The van der Waals surface area contributed by atoms with Gasteiger partial charge in [-0.25, -0.2) is 9.78 Å². The third-order valence-electron chi connectivity index (χ3n) is 2.07. The number of carbonyl (C=O) groups excluding carboxylic acids is 1. The maximum Gasteiger partial charge on any atom is 0.344 e. The Bertz CT molecular complexity index is 525. The highest BCUT2D eigenvalue weighted by Gasteiger charge is 2.19. The van der Waals surface area contributed by atoms with Crippen LogP contribution in [0, 0.1) is 5.95 Å². The van der Waals surface area contributed by atoms with Crippen molar-refractivity contribution in [3.05, 3.63) is 42.1 Å². The van der Waals surface area contributed by atoms with Crippen LogP contribution in [0.15, 0.2) is 30.6 Å². The van der Waals surface area contributed by atoms with E-state index in [-0.39, 0.29) is 12.2 Å². The summed E-state index contributed by atoms with van der Waals surface area (Å²) < 4.78 is 19.5. The number of ether oxygens (including phenoxy) is 1. The van der Waals surface area contributed by atoms with Gasteiger partial charge in [0.15, 0.2) is 5.82 Å². The van der Waals surface area contributed by atoms with E-state index in [1.165, 1.54) is 6.20 Å². The molecule has 5 nitrogen and oxygen atoms in total. The maximum absolute atomic E-state index is 13.9. The summed E-state index contributed by atoms with van der Waals surface area (Å²) in [6.45, 7) is 1.84. The van der Waals surface area contributed by atoms with Gasteiger partial charge in [-0.1, -0.05) is 6.07 Å². The molecule has 0 spiro atoms. The minimum Gasteiger partial charge on any atom is -0.462 e. The molecule has 2 aromatic rings. The van der Waals surface area contributed by atoms with Gasteiger partial charge in [-0.15, -0.1) is 0 Å². The van der Waals surface area contributed by atoms with Crippen LogP contribution in [0.5, 0.6) is 0 Å². The largest absolute Gasteiger partial charge is 0.462 e. The highest BCUT2D eigenvalue weighted by atomic mass is 19.1. The molecule has 0 atom stereocenters. The topological polar surface area (TPSA) is 57.0 Å². The van der Waals surface area contributed by atoms with E-state index in [4.69, 9.17) is 4.74 Å². The molecule has 6 heteroatoms. The van der Waals surface area contributed by atoms with Crippen LogP contribution in [0.2, 0.25) is 0 Å². The van der Waals surface area contributed by atoms with Crippen LogP contribution >= 0.6 is 0 Å². The van der Waals surface area contributed by atoms with Crippen LogP contribution in [0.3, 0.4) is 0 Å². The molecule has 0 aliphatic heterocycles. The lowest BCUT2D eigenvalue weighted by molar-refractivity contribution is 0.0520. The number of aromatic nitrogens is 3. The predicted octanol–water partition coefficient (Wildman–Crippen LogP) is 1.58. The van der Waals surface area contributed by atoms with E-state index in [2.05, 4.69) is 10.1 Å². The fourth-order valence-electron chi connectivity index (χ4n) is 1.32. The average molecular weight is 235 g/mol. The normalized spacial score (nSPS) is 10.2. The molecule has 0 saturated carbocycles. The number of halogens is 1. The Morgan fingerprint density at radius 1 is 1.53 bits per heavy atom. The third kappa shape index (κ3) is 2.15. The Balaban J connectivity index is 2.37. The van der Waals surface area contributed by atoms with Crippen LogP contribution in [-0.4, -0.2) is 27.3 Å². The molecule has 0 unspecified atom stereocenters. The van der Waals surface area contributed by atoms with Gasteiger partial charge in [0.2, 0.25) is 5.95 Å². The van der Waals surface area contributed by atoms with E-state index >= 15 is 0 Å². The number of rotatable bonds is 3. The van der Waals surface area contributed by atoms with Crippen molar-refractivity contribution in [3.63, 3.8) is 0 Å². The number of hydrogen-bond acceptors (Lipinski definition) is 4. The van der Waals surface area contributed by atoms with Gasteiger partial charge in [-0.2, -0.15) is 14.2 Å². The number of nitrogens with zero attached hydrogens (tertiary/aromatic N) is 3. The molecule has 0 aliphatic carbocycles. The van der Waals surface area contributed by atoms with Crippen LogP contribution < -0.4 is 0 Å². The van der Waals surface area contributed by atoms with E-state index in [0.29, 0.717) is 5.82 Å². The quantitative estimate of drug-likeness (QED) is 0.758. The van der Waals surface area contributed by atoms with Crippen molar-refractivity contribution in [1.82, 2.24) is 14.8 Å². The van der Waals surface area contributed by atoms with E-state index in [1.54, 1.807) is 25.1 Å². The fourth-order valence-corrected chi connectivity index (χ4v) is 1.32. The Labute approximate surface area is 96.9 Å². The van der Waals surface area contributed by atoms with Gasteiger partial charge in [0.25, 0.3) is 0 Å². The summed E-state index contributed by atoms with van der Waals surface area (Å²) in [6, 6.07) is 5.00. The van der Waals surface area contributed by atoms with Crippen molar-refractivity contribution in [2.45, 2.75) is 6.92 Å². The zero-order chi connectivity index (χ0) is 12.3. The third-order valence-corrected chi connectivity index (χ3v) is 2.07. The molecular weight excluding hydrogens is 225 g/mol. The summed E-state index contributed by atoms with van der Waals surface area (Å²) in [5.74, 6) is -1.20. The molecule has 2 aromatic heterocycles. The van der Waals surface area contributed by atoms with Crippen molar-refractivity contribution in [3.8, 4) is 5.82 Å². The summed E-state index contributed by atoms with van der Waals surface area (Å²) >= 11 is 0. The highest BCUT2D eigenvalue weighted by Crippen LogP contribution is 2.12. The molecular formula is C11H10FN3O2. The Hall–Kier alpha value is -2.24. The summed E-state index contributed by atoms with van der Waals surface area (Å²) in [4.78, 5) is 15.3. The van der Waals surface area contributed by atoms with Crippen molar-refractivity contribution < 1.29 is 13.9 Å². The lowest BCUT2D eigenvalue weighted by atomic mass is 10.3. The van der Waals surface area contributed by atoms with E-state index in [1.807, 2.05) is 0 Å². The molecule has 0 saturated heterocycles. The number of pyridine rings is 1. The number of hydrogen-bond donors (Lipinski definition) is 0. The number of carbonyl (C=O) groups is 1. The molecule has 0 fully saturated rings. The lowest BCUT2D eigenvalue weighted by Gasteiger charge is -2.01. The molecule has 0 N–H and O–H groups in total. The summed E-state index contributed by atoms with van der Waals surface area (Å²) in [5, 5.41) is 3.77. The molecule has 0 radical (unpaired) electrons. The average Bonchev–Trinajstić information content (AvgIpc) is 2.72. The SMILES string of the molecule is CCOC(=O)c1cnn(-c2ccccn2)c1F. The van der Waals surface area contributed by atoms with E-state index in [9.17, 15) is 9.18 Å². The first-order valence-electron chi connectivity index (χ1n) is 5.06. The van der Waals surface area contributed by atoms with Gasteiger partial charge in [0, 0.05) is 6.20 Å². The minimum atomic E-state index is -0.776. The van der Waals surface area contributed by atoms with Gasteiger partial charge in [-0.05, 0) is 19.1 Å².